The van der Waals surface area contributed by atoms with E-state index in [2.05, 4.69) is 0 Å². The summed E-state index contributed by atoms with van der Waals surface area (Å²) in [7, 11) is -3.16. The van der Waals surface area contributed by atoms with Gasteiger partial charge >= 0.3 is 5.97 Å². The Morgan fingerprint density at radius 1 is 0.914 bits per heavy atom. The van der Waals surface area contributed by atoms with Crippen molar-refractivity contribution in [2.24, 2.45) is 0 Å². The summed E-state index contributed by atoms with van der Waals surface area (Å²) in [6.45, 7) is 3.39. The van der Waals surface area contributed by atoms with Crippen molar-refractivity contribution in [2.75, 3.05) is 18.1 Å². The summed E-state index contributed by atoms with van der Waals surface area (Å²) in [6, 6.07) is 11.4. The molecule has 1 atom stereocenters. The number of hydrogen-bond acceptors (Lipinski definition) is 6. The van der Waals surface area contributed by atoms with E-state index < -0.39 is 22.4 Å². The van der Waals surface area contributed by atoms with Crippen molar-refractivity contribution < 1.29 is 27.5 Å². The van der Waals surface area contributed by atoms with Gasteiger partial charge in [0.2, 0.25) is 0 Å². The second-order valence-corrected chi connectivity index (χ2v) is 11.8. The van der Waals surface area contributed by atoms with E-state index in [1.807, 2.05) is 19.9 Å². The zero-order valence-electron chi connectivity index (χ0n) is 20.2. The fourth-order valence-electron chi connectivity index (χ4n) is 5.06. The van der Waals surface area contributed by atoms with Crippen molar-refractivity contribution in [1.29, 1.82) is 0 Å². The Morgan fingerprint density at radius 3 is 2.23 bits per heavy atom. The number of benzene rings is 2. The molecule has 1 unspecified atom stereocenters. The molecule has 1 aliphatic carbocycles. The molecule has 4 rings (SSSR count). The van der Waals surface area contributed by atoms with Gasteiger partial charge in [-0.2, -0.15) is 0 Å². The van der Waals surface area contributed by atoms with Gasteiger partial charge in [-0.15, -0.1) is 0 Å². The second kappa shape index (κ2) is 10.3. The number of carbonyl (C=O) groups is 3. The van der Waals surface area contributed by atoms with Gasteiger partial charge in [0.15, 0.2) is 22.2 Å². The first kappa shape index (κ1) is 25.1. The van der Waals surface area contributed by atoms with E-state index in [0.717, 1.165) is 36.8 Å². The van der Waals surface area contributed by atoms with Crippen LogP contribution in [0.3, 0.4) is 0 Å². The van der Waals surface area contributed by atoms with Crippen LogP contribution in [0.1, 0.15) is 69.5 Å². The van der Waals surface area contributed by atoms with Gasteiger partial charge in [-0.05, 0) is 56.4 Å². The largest absolute Gasteiger partial charge is 0.452 e. The molecule has 2 aromatic carbocycles. The fraction of sp³-hybridized carbons (Fsp3) is 0.444. The zero-order valence-corrected chi connectivity index (χ0v) is 21.0. The maximum absolute atomic E-state index is 13.2. The Labute approximate surface area is 206 Å². The van der Waals surface area contributed by atoms with Gasteiger partial charge in [0.25, 0.3) is 5.91 Å². The minimum Gasteiger partial charge on any atom is -0.452 e. The highest BCUT2D eigenvalue weighted by atomic mass is 32.2. The van der Waals surface area contributed by atoms with Crippen LogP contribution in [0, 0.1) is 13.8 Å². The van der Waals surface area contributed by atoms with Crippen LogP contribution >= 0.6 is 0 Å². The number of amides is 1. The number of carbonyl (C=O) groups excluding carboxylic acids is 3. The molecule has 35 heavy (non-hydrogen) atoms. The van der Waals surface area contributed by atoms with Crippen molar-refractivity contribution in [3.8, 4) is 0 Å². The van der Waals surface area contributed by atoms with Gasteiger partial charge < -0.3 is 9.64 Å². The maximum Gasteiger partial charge on any atom is 0.339 e. The Bertz CT molecular complexity index is 1250. The molecular weight excluding hydrogens is 466 g/mol. The normalized spacial score (nSPS) is 19.4. The Kier molecular flexibility index (Phi) is 7.40. The average molecular weight is 498 g/mol. The number of ether oxygens (including phenoxy) is 1. The first-order valence-electron chi connectivity index (χ1n) is 12.1. The van der Waals surface area contributed by atoms with Crippen LogP contribution in [0.4, 0.5) is 0 Å². The third-order valence-corrected chi connectivity index (χ3v) is 8.85. The van der Waals surface area contributed by atoms with Crippen molar-refractivity contribution in [3.05, 3.63) is 70.3 Å². The number of nitrogens with zero attached hydrogens (tertiary/aromatic N) is 1. The number of aryl methyl sites for hydroxylation is 2. The van der Waals surface area contributed by atoms with E-state index in [9.17, 15) is 22.8 Å². The molecule has 1 saturated carbocycles. The maximum atomic E-state index is 13.2. The van der Waals surface area contributed by atoms with Crippen LogP contribution in [-0.4, -0.2) is 61.2 Å². The highest BCUT2D eigenvalue weighted by Crippen LogP contribution is 2.29. The highest BCUT2D eigenvalue weighted by Gasteiger charge is 2.39. The molecule has 2 aliphatic rings. The molecule has 1 aliphatic heterocycles. The first-order chi connectivity index (χ1) is 16.7. The van der Waals surface area contributed by atoms with Crippen LogP contribution in [-0.2, 0) is 19.4 Å². The van der Waals surface area contributed by atoms with Gasteiger partial charge in [-0.3, -0.25) is 9.59 Å². The molecule has 0 aromatic heterocycles. The summed E-state index contributed by atoms with van der Waals surface area (Å²) in [5.74, 6) is -1.41. The first-order valence-corrected chi connectivity index (χ1v) is 13.9. The van der Waals surface area contributed by atoms with Crippen molar-refractivity contribution in [3.63, 3.8) is 0 Å². The molecule has 0 spiro atoms. The molecule has 0 radical (unpaired) electrons. The minimum atomic E-state index is -3.16. The van der Waals surface area contributed by atoms with Crippen molar-refractivity contribution in [1.82, 2.24) is 4.90 Å². The van der Waals surface area contributed by atoms with Crippen LogP contribution in [0.5, 0.6) is 0 Å². The van der Waals surface area contributed by atoms with E-state index >= 15 is 0 Å². The van der Waals surface area contributed by atoms with Gasteiger partial charge in [-0.1, -0.05) is 43.2 Å². The standard InChI is InChI=1S/C27H31NO6S/c1-18-11-12-20(15-19(18)2)26(30)23-9-5-6-10-24(23)27(31)34-16-25(29)28(21-7-3-4-8-21)22-13-14-35(32,33)17-22/h5-6,9-12,15,21-22H,3-4,7-8,13-14,16-17H2,1-2H3. The monoisotopic (exact) mass is 497 g/mol. The number of hydrogen-bond donors (Lipinski definition) is 0. The molecule has 186 valence electrons. The predicted molar refractivity (Wildman–Crippen MR) is 132 cm³/mol. The number of ketones is 1. The number of sulfone groups is 1. The van der Waals surface area contributed by atoms with Crippen molar-refractivity contribution >= 4 is 27.5 Å². The summed E-state index contributed by atoms with van der Waals surface area (Å²) in [6.07, 6.45) is 4.03. The van der Waals surface area contributed by atoms with E-state index in [4.69, 9.17) is 4.74 Å². The summed E-state index contributed by atoms with van der Waals surface area (Å²) < 4.78 is 29.5. The third kappa shape index (κ3) is 5.64. The molecule has 0 bridgehead atoms. The van der Waals surface area contributed by atoms with E-state index in [1.54, 1.807) is 35.2 Å². The van der Waals surface area contributed by atoms with Gasteiger partial charge in [0.05, 0.1) is 17.1 Å². The lowest BCUT2D eigenvalue weighted by Crippen LogP contribution is -2.48. The van der Waals surface area contributed by atoms with Gasteiger partial charge in [0.1, 0.15) is 0 Å². The summed E-state index contributed by atoms with van der Waals surface area (Å²) >= 11 is 0. The lowest BCUT2D eigenvalue weighted by Gasteiger charge is -2.33. The Morgan fingerprint density at radius 2 is 1.60 bits per heavy atom. The predicted octanol–water partition coefficient (Wildman–Crippen LogP) is 3.65. The molecular formula is C27H31NO6S. The number of rotatable bonds is 7. The third-order valence-electron chi connectivity index (χ3n) is 7.10. The van der Waals surface area contributed by atoms with Crippen LogP contribution < -0.4 is 0 Å². The minimum absolute atomic E-state index is 0.0295. The molecule has 2 aromatic rings. The summed E-state index contributed by atoms with van der Waals surface area (Å²) in [5.41, 5.74) is 2.82. The Balaban J connectivity index is 1.49. The quantitative estimate of drug-likeness (QED) is 0.428. The molecule has 1 saturated heterocycles. The van der Waals surface area contributed by atoms with Gasteiger partial charge in [0, 0.05) is 23.2 Å². The highest BCUT2D eigenvalue weighted by molar-refractivity contribution is 7.91. The molecule has 2 fully saturated rings. The SMILES string of the molecule is Cc1ccc(C(=O)c2ccccc2C(=O)OCC(=O)N(C2CCCC2)C2CCS(=O)(=O)C2)cc1C. The summed E-state index contributed by atoms with van der Waals surface area (Å²) in [5, 5.41) is 0. The van der Waals surface area contributed by atoms with Gasteiger partial charge in [-0.25, -0.2) is 13.2 Å². The smallest absolute Gasteiger partial charge is 0.339 e. The molecule has 8 heteroatoms. The average Bonchev–Trinajstić information content (AvgIpc) is 3.48. The fourth-order valence-corrected chi connectivity index (χ4v) is 6.77. The molecule has 1 amide bonds. The molecule has 7 nitrogen and oxygen atoms in total. The summed E-state index contributed by atoms with van der Waals surface area (Å²) in [4.78, 5) is 40.9. The van der Waals surface area contributed by atoms with Crippen LogP contribution in [0.25, 0.3) is 0 Å². The lowest BCUT2D eigenvalue weighted by molar-refractivity contribution is -0.139. The topological polar surface area (TPSA) is 97.8 Å². The van der Waals surface area contributed by atoms with Crippen molar-refractivity contribution in [2.45, 2.75) is 58.0 Å². The molecule has 1 heterocycles. The van der Waals surface area contributed by atoms with E-state index in [-0.39, 0.29) is 46.4 Å². The number of esters is 1. The van der Waals surface area contributed by atoms with E-state index in [0.29, 0.717) is 12.0 Å². The zero-order chi connectivity index (χ0) is 25.2. The van der Waals surface area contributed by atoms with Crippen LogP contribution in [0.2, 0.25) is 0 Å². The van der Waals surface area contributed by atoms with E-state index in [1.165, 1.54) is 6.07 Å². The second-order valence-electron chi connectivity index (χ2n) is 9.55. The van der Waals surface area contributed by atoms with Crippen LogP contribution in [0.15, 0.2) is 42.5 Å². The lowest BCUT2D eigenvalue weighted by atomic mass is 9.96. The molecule has 0 N–H and O–H groups in total. The Hall–Kier alpha value is -3.00.